The van der Waals surface area contributed by atoms with Crippen LogP contribution >= 0.6 is 12.4 Å². The van der Waals surface area contributed by atoms with Gasteiger partial charge in [-0.1, -0.05) is 12.1 Å². The quantitative estimate of drug-likeness (QED) is 0.736. The van der Waals surface area contributed by atoms with Gasteiger partial charge in [-0.2, -0.15) is 4.31 Å². The standard InChI is InChI=1S/C18H26N2O4S.ClH/c1-19-12-14-4-3-11-20(13-14)25(22,23)16-7-5-15(6-8-16)18(9-10-18)17(21)24-2;/h5-8,14,19H,3-4,9-13H2,1-2H3;1H. The monoisotopic (exact) mass is 402 g/mol. The maximum Gasteiger partial charge on any atom is 0.316 e. The van der Waals surface area contributed by atoms with Crippen molar-refractivity contribution in [1.82, 2.24) is 9.62 Å². The number of hydrogen-bond donors (Lipinski definition) is 1. The van der Waals surface area contributed by atoms with Crippen LogP contribution in [0.25, 0.3) is 0 Å². The molecule has 1 unspecified atom stereocenters. The molecule has 0 radical (unpaired) electrons. The van der Waals surface area contributed by atoms with Crippen molar-refractivity contribution in [2.24, 2.45) is 5.92 Å². The summed E-state index contributed by atoms with van der Waals surface area (Å²) in [5.74, 6) is 0.107. The van der Waals surface area contributed by atoms with Gasteiger partial charge >= 0.3 is 5.97 Å². The van der Waals surface area contributed by atoms with Gasteiger partial charge in [-0.15, -0.1) is 12.4 Å². The van der Waals surface area contributed by atoms with E-state index in [9.17, 15) is 13.2 Å². The Labute approximate surface area is 161 Å². The van der Waals surface area contributed by atoms with E-state index < -0.39 is 15.4 Å². The Kier molecular flexibility index (Phi) is 6.71. The maximum atomic E-state index is 12.9. The number of carbonyl (C=O) groups is 1. The molecule has 146 valence electrons. The highest BCUT2D eigenvalue weighted by Crippen LogP contribution is 2.49. The van der Waals surface area contributed by atoms with Crippen LogP contribution in [0.1, 0.15) is 31.2 Å². The number of rotatable bonds is 6. The third-order valence-electron chi connectivity index (χ3n) is 5.35. The van der Waals surface area contributed by atoms with Crippen molar-refractivity contribution in [1.29, 1.82) is 0 Å². The van der Waals surface area contributed by atoms with E-state index in [0.29, 0.717) is 23.9 Å². The van der Waals surface area contributed by atoms with Crippen LogP contribution in [0.4, 0.5) is 0 Å². The number of sulfonamides is 1. The second kappa shape index (κ2) is 8.25. The number of benzene rings is 1. The summed E-state index contributed by atoms with van der Waals surface area (Å²) in [6, 6.07) is 6.75. The first-order chi connectivity index (χ1) is 11.9. The molecule has 1 aromatic rings. The SMILES string of the molecule is CNCC1CCCN(S(=O)(=O)c2ccc(C3(C(=O)OC)CC3)cc2)C1.Cl. The summed E-state index contributed by atoms with van der Waals surface area (Å²) in [7, 11) is -0.213. The zero-order chi connectivity index (χ0) is 18.1. The lowest BCUT2D eigenvalue weighted by Gasteiger charge is -2.31. The van der Waals surface area contributed by atoms with Crippen molar-refractivity contribution in [3.8, 4) is 0 Å². The molecule has 1 aromatic carbocycles. The highest BCUT2D eigenvalue weighted by atomic mass is 35.5. The number of nitrogens with one attached hydrogen (secondary N) is 1. The van der Waals surface area contributed by atoms with Gasteiger partial charge in [0.1, 0.15) is 0 Å². The van der Waals surface area contributed by atoms with E-state index in [4.69, 9.17) is 4.74 Å². The Morgan fingerprint density at radius 2 is 1.96 bits per heavy atom. The summed E-state index contributed by atoms with van der Waals surface area (Å²) >= 11 is 0. The molecule has 3 rings (SSSR count). The molecule has 8 heteroatoms. The maximum absolute atomic E-state index is 12.9. The highest BCUT2D eigenvalue weighted by Gasteiger charge is 2.52. The minimum absolute atomic E-state index is 0. The first-order valence-electron chi connectivity index (χ1n) is 8.78. The molecule has 1 heterocycles. The molecule has 26 heavy (non-hydrogen) atoms. The molecule has 1 atom stereocenters. The van der Waals surface area contributed by atoms with E-state index in [-0.39, 0.29) is 18.4 Å². The number of hydrogen-bond acceptors (Lipinski definition) is 5. The van der Waals surface area contributed by atoms with Crippen molar-refractivity contribution in [3.63, 3.8) is 0 Å². The lowest BCUT2D eigenvalue weighted by atomic mass is 9.96. The summed E-state index contributed by atoms with van der Waals surface area (Å²) in [5.41, 5.74) is 0.269. The van der Waals surface area contributed by atoms with Crippen LogP contribution in [0, 0.1) is 5.92 Å². The molecule has 0 bridgehead atoms. The molecule has 0 aromatic heterocycles. The predicted octanol–water partition coefficient (Wildman–Crippen LogP) is 1.93. The predicted molar refractivity (Wildman–Crippen MR) is 102 cm³/mol. The fourth-order valence-corrected chi connectivity index (χ4v) is 5.28. The highest BCUT2D eigenvalue weighted by molar-refractivity contribution is 7.89. The van der Waals surface area contributed by atoms with E-state index in [0.717, 1.165) is 37.8 Å². The molecule has 0 spiro atoms. The Morgan fingerprint density at radius 3 is 2.50 bits per heavy atom. The fourth-order valence-electron chi connectivity index (χ4n) is 3.73. The second-order valence-electron chi connectivity index (χ2n) is 7.03. The Morgan fingerprint density at radius 1 is 1.31 bits per heavy atom. The summed E-state index contributed by atoms with van der Waals surface area (Å²) in [5, 5.41) is 3.13. The molecule has 6 nitrogen and oxygen atoms in total. The van der Waals surface area contributed by atoms with E-state index >= 15 is 0 Å². The third-order valence-corrected chi connectivity index (χ3v) is 7.22. The first kappa shape index (κ1) is 21.2. The number of esters is 1. The van der Waals surface area contributed by atoms with Crippen molar-refractivity contribution < 1.29 is 17.9 Å². The molecule has 1 saturated carbocycles. The van der Waals surface area contributed by atoms with Gasteiger partial charge in [0.25, 0.3) is 0 Å². The Balaban J connectivity index is 0.00000243. The molecule has 2 fully saturated rings. The summed E-state index contributed by atoms with van der Waals surface area (Å²) in [4.78, 5) is 12.3. The van der Waals surface area contributed by atoms with Crippen molar-refractivity contribution >= 4 is 28.4 Å². The van der Waals surface area contributed by atoms with Gasteiger partial charge in [-0.3, -0.25) is 4.79 Å². The third kappa shape index (κ3) is 3.91. The fraction of sp³-hybridized carbons (Fsp3) is 0.611. The zero-order valence-electron chi connectivity index (χ0n) is 15.2. The van der Waals surface area contributed by atoms with Crippen LogP contribution in [0.3, 0.4) is 0 Å². The van der Waals surface area contributed by atoms with E-state index in [1.807, 2.05) is 7.05 Å². The minimum atomic E-state index is -3.49. The van der Waals surface area contributed by atoms with Gasteiger partial charge in [0.05, 0.1) is 17.4 Å². The molecule has 1 saturated heterocycles. The van der Waals surface area contributed by atoms with Gasteiger partial charge in [0, 0.05) is 13.1 Å². The molecule has 0 amide bonds. The number of halogens is 1. The largest absolute Gasteiger partial charge is 0.468 e. The number of piperidine rings is 1. The van der Waals surface area contributed by atoms with Crippen LogP contribution in [0.5, 0.6) is 0 Å². The average Bonchev–Trinajstić information content (AvgIpc) is 3.44. The first-order valence-corrected chi connectivity index (χ1v) is 10.2. The van der Waals surface area contributed by atoms with Gasteiger partial charge < -0.3 is 10.1 Å². The van der Waals surface area contributed by atoms with Crippen molar-refractivity contribution in [2.75, 3.05) is 33.8 Å². The van der Waals surface area contributed by atoms with Crippen molar-refractivity contribution in [3.05, 3.63) is 29.8 Å². The molecule has 1 aliphatic heterocycles. The summed E-state index contributed by atoms with van der Waals surface area (Å²) in [6.45, 7) is 1.94. The van der Waals surface area contributed by atoms with Gasteiger partial charge in [0.2, 0.25) is 10.0 Å². The van der Waals surface area contributed by atoms with E-state index in [1.54, 1.807) is 28.6 Å². The lowest BCUT2D eigenvalue weighted by Crippen LogP contribution is -2.42. The number of nitrogens with zero attached hydrogens (tertiary/aromatic N) is 1. The topological polar surface area (TPSA) is 75.7 Å². The normalized spacial score (nSPS) is 22.3. The second-order valence-corrected chi connectivity index (χ2v) is 8.96. The van der Waals surface area contributed by atoms with Crippen LogP contribution in [0.15, 0.2) is 29.2 Å². The van der Waals surface area contributed by atoms with E-state index in [2.05, 4.69) is 5.32 Å². The number of carbonyl (C=O) groups excluding carboxylic acids is 1. The van der Waals surface area contributed by atoms with Crippen LogP contribution < -0.4 is 5.32 Å². The van der Waals surface area contributed by atoms with Crippen LogP contribution in [-0.2, 0) is 25.0 Å². The number of ether oxygens (including phenoxy) is 1. The Bertz CT molecular complexity index is 730. The molecule has 2 aliphatic rings. The average molecular weight is 403 g/mol. The summed E-state index contributed by atoms with van der Waals surface area (Å²) in [6.07, 6.45) is 3.44. The van der Waals surface area contributed by atoms with Crippen LogP contribution in [0.2, 0.25) is 0 Å². The molecular weight excluding hydrogens is 376 g/mol. The van der Waals surface area contributed by atoms with E-state index in [1.165, 1.54) is 7.11 Å². The van der Waals surface area contributed by atoms with Gasteiger partial charge in [-0.25, -0.2) is 8.42 Å². The molecule has 1 aliphatic carbocycles. The van der Waals surface area contributed by atoms with Crippen LogP contribution in [-0.4, -0.2) is 52.5 Å². The smallest absolute Gasteiger partial charge is 0.316 e. The minimum Gasteiger partial charge on any atom is -0.468 e. The molecule has 1 N–H and O–H groups in total. The zero-order valence-corrected chi connectivity index (χ0v) is 16.9. The Hall–Kier alpha value is -1.15. The number of methoxy groups -OCH3 is 1. The summed E-state index contributed by atoms with van der Waals surface area (Å²) < 4.78 is 32.3. The lowest BCUT2D eigenvalue weighted by molar-refractivity contribution is -0.143. The van der Waals surface area contributed by atoms with Gasteiger partial charge in [-0.05, 0) is 62.9 Å². The van der Waals surface area contributed by atoms with Crippen molar-refractivity contribution in [2.45, 2.75) is 36.0 Å². The molecular formula is C18H27ClN2O4S. The van der Waals surface area contributed by atoms with Gasteiger partial charge in [0.15, 0.2) is 0 Å².